The zero-order valence-corrected chi connectivity index (χ0v) is 20.8. The molecule has 2 fully saturated rings. The number of ketones is 1. The maximum absolute atomic E-state index is 13.8. The van der Waals surface area contributed by atoms with Crippen LogP contribution in [-0.2, 0) is 15.7 Å². The number of alkyl halides is 3. The molecule has 2 unspecified atom stereocenters. The number of methoxy groups -OCH3 is 1. The van der Waals surface area contributed by atoms with Crippen LogP contribution in [0, 0.1) is 11.8 Å². The third-order valence-corrected chi connectivity index (χ3v) is 7.80. The first kappa shape index (κ1) is 24.9. The van der Waals surface area contributed by atoms with Crippen LogP contribution in [0.2, 0.25) is 5.02 Å². The quantitative estimate of drug-likeness (QED) is 0.510. The number of Topliss-reactive ketones (excluding diaryl/α,β-unsaturated/α-hetero) is 1. The van der Waals surface area contributed by atoms with Gasteiger partial charge in [0.15, 0.2) is 11.5 Å². The van der Waals surface area contributed by atoms with Gasteiger partial charge in [0, 0.05) is 12.5 Å². The van der Waals surface area contributed by atoms with Crippen LogP contribution in [0.5, 0.6) is 0 Å². The molecule has 6 nitrogen and oxygen atoms in total. The normalized spacial score (nSPS) is 23.4. The zero-order chi connectivity index (χ0) is 25.8. The molecule has 1 saturated carbocycles. The molecule has 0 bridgehead atoms. The number of ether oxygens (including phenoxy) is 1. The molecule has 2 aromatic heterocycles. The molecule has 1 saturated heterocycles. The fourth-order valence-electron chi connectivity index (χ4n) is 5.35. The molecule has 3 heterocycles. The summed E-state index contributed by atoms with van der Waals surface area (Å²) in [6, 6.07) is 2.67. The zero-order valence-electron chi connectivity index (χ0n) is 20.1. The molecule has 1 aliphatic heterocycles. The van der Waals surface area contributed by atoms with Crippen molar-refractivity contribution in [3.8, 4) is 0 Å². The number of nitrogens with zero attached hydrogens (tertiary/aromatic N) is 3. The van der Waals surface area contributed by atoms with Gasteiger partial charge in [0.2, 0.25) is 0 Å². The van der Waals surface area contributed by atoms with Gasteiger partial charge in [0.05, 0.1) is 24.2 Å². The van der Waals surface area contributed by atoms with E-state index in [9.17, 15) is 22.8 Å². The average Bonchev–Trinajstić information content (AvgIpc) is 3.65. The average molecular weight is 522 g/mol. The van der Waals surface area contributed by atoms with Crippen molar-refractivity contribution in [2.24, 2.45) is 11.8 Å². The first-order valence-corrected chi connectivity index (χ1v) is 12.5. The Balaban J connectivity index is 1.41. The Morgan fingerprint density at radius 3 is 2.61 bits per heavy atom. The van der Waals surface area contributed by atoms with Gasteiger partial charge in [-0.15, -0.1) is 0 Å². The highest BCUT2D eigenvalue weighted by molar-refractivity contribution is 6.36. The third-order valence-electron chi connectivity index (χ3n) is 7.42. The van der Waals surface area contributed by atoms with Gasteiger partial charge in [0.25, 0.3) is 5.91 Å². The Kier molecular flexibility index (Phi) is 6.39. The second-order valence-electron chi connectivity index (χ2n) is 9.92. The number of fused-ring (bicyclic) bond motifs is 1. The number of allylic oxidation sites excluding steroid dienone is 3. The van der Waals surface area contributed by atoms with Gasteiger partial charge in [-0.05, 0) is 80.2 Å². The standard InChI is InChI=1S/C26H27ClF3N3O3/c1-14-10-16(7-8-21(14)36-2)18-4-3-9-32(13-20(18)34)25(35)24-23(27)19-11-17(15-5-6-15)12-22(26(28,29)30)33(19)31-24/h7-8,11-12,15-16,18H,3-6,9-10,13H2,1-2H3. The summed E-state index contributed by atoms with van der Waals surface area (Å²) in [6.07, 6.45) is 2.77. The minimum atomic E-state index is -4.66. The molecule has 192 valence electrons. The second-order valence-corrected chi connectivity index (χ2v) is 10.3. The molecule has 5 rings (SSSR count). The van der Waals surface area contributed by atoms with E-state index >= 15 is 0 Å². The smallest absolute Gasteiger partial charge is 0.433 e. The van der Waals surface area contributed by atoms with Crippen LogP contribution in [0.25, 0.3) is 5.52 Å². The summed E-state index contributed by atoms with van der Waals surface area (Å²) in [5.74, 6) is -0.0727. The van der Waals surface area contributed by atoms with E-state index in [4.69, 9.17) is 16.3 Å². The largest absolute Gasteiger partial charge is 0.497 e. The van der Waals surface area contributed by atoms with Crippen molar-refractivity contribution in [2.75, 3.05) is 20.2 Å². The summed E-state index contributed by atoms with van der Waals surface area (Å²) < 4.78 is 47.5. The number of aromatic nitrogens is 2. The first-order valence-electron chi connectivity index (χ1n) is 12.1. The summed E-state index contributed by atoms with van der Waals surface area (Å²) in [5, 5.41) is 3.88. The van der Waals surface area contributed by atoms with Crippen LogP contribution in [0.15, 0.2) is 35.6 Å². The lowest BCUT2D eigenvalue weighted by Crippen LogP contribution is -2.37. The number of hydrogen-bond donors (Lipinski definition) is 0. The lowest BCUT2D eigenvalue weighted by Gasteiger charge is -2.26. The van der Waals surface area contributed by atoms with Gasteiger partial charge in [-0.3, -0.25) is 9.59 Å². The van der Waals surface area contributed by atoms with E-state index < -0.39 is 17.8 Å². The van der Waals surface area contributed by atoms with Crippen molar-refractivity contribution < 1.29 is 27.5 Å². The Hall–Kier alpha value is -2.81. The summed E-state index contributed by atoms with van der Waals surface area (Å²) in [4.78, 5) is 28.0. The summed E-state index contributed by atoms with van der Waals surface area (Å²) in [6.45, 7) is 2.15. The SMILES string of the molecule is COC1=C(C)CC(C2CCCN(C(=O)c3nn4c(C(F)(F)F)cc(C5CC5)cc4c3Cl)CC2=O)C=C1. The molecule has 2 aromatic rings. The topological polar surface area (TPSA) is 63.9 Å². The Labute approximate surface area is 211 Å². The van der Waals surface area contributed by atoms with Crippen molar-refractivity contribution in [2.45, 2.75) is 51.1 Å². The van der Waals surface area contributed by atoms with Crippen LogP contribution in [0.1, 0.15) is 66.7 Å². The minimum Gasteiger partial charge on any atom is -0.497 e. The third kappa shape index (κ3) is 4.53. The molecule has 0 aromatic carbocycles. The van der Waals surface area contributed by atoms with Gasteiger partial charge in [-0.2, -0.15) is 18.3 Å². The van der Waals surface area contributed by atoms with Crippen molar-refractivity contribution in [1.29, 1.82) is 0 Å². The van der Waals surface area contributed by atoms with E-state index in [-0.39, 0.29) is 46.3 Å². The summed E-state index contributed by atoms with van der Waals surface area (Å²) in [7, 11) is 1.61. The van der Waals surface area contributed by atoms with Crippen LogP contribution in [-0.4, -0.2) is 46.4 Å². The second kappa shape index (κ2) is 9.25. The fourth-order valence-corrected chi connectivity index (χ4v) is 5.60. The molecule has 10 heteroatoms. The Morgan fingerprint density at radius 2 is 1.97 bits per heavy atom. The number of halogens is 4. The molecule has 2 aliphatic carbocycles. The number of carbonyl (C=O) groups excluding carboxylic acids is 2. The monoisotopic (exact) mass is 521 g/mol. The van der Waals surface area contributed by atoms with Crippen molar-refractivity contribution >= 4 is 28.8 Å². The van der Waals surface area contributed by atoms with Gasteiger partial charge in [-0.1, -0.05) is 17.7 Å². The van der Waals surface area contributed by atoms with E-state index in [1.54, 1.807) is 13.2 Å². The Morgan fingerprint density at radius 1 is 1.22 bits per heavy atom. The molecular weight excluding hydrogens is 495 g/mol. The van der Waals surface area contributed by atoms with Crippen LogP contribution in [0.3, 0.4) is 0 Å². The first-order chi connectivity index (χ1) is 17.1. The predicted molar refractivity (Wildman–Crippen MR) is 128 cm³/mol. The number of carbonyl (C=O) groups is 2. The van der Waals surface area contributed by atoms with Crippen LogP contribution in [0.4, 0.5) is 13.2 Å². The Bertz CT molecular complexity index is 1290. The van der Waals surface area contributed by atoms with E-state index in [1.807, 2.05) is 19.1 Å². The highest BCUT2D eigenvalue weighted by Gasteiger charge is 2.39. The number of likely N-dealkylation sites (tertiary alicyclic amines) is 1. The number of rotatable bonds is 4. The maximum atomic E-state index is 13.8. The molecule has 2 atom stereocenters. The van der Waals surface area contributed by atoms with Crippen molar-refractivity contribution in [1.82, 2.24) is 14.5 Å². The van der Waals surface area contributed by atoms with Gasteiger partial charge in [-0.25, -0.2) is 4.52 Å². The molecule has 1 amide bonds. The molecule has 36 heavy (non-hydrogen) atoms. The van der Waals surface area contributed by atoms with E-state index in [0.717, 1.165) is 30.2 Å². The summed E-state index contributed by atoms with van der Waals surface area (Å²) >= 11 is 6.45. The van der Waals surface area contributed by atoms with Crippen LogP contribution < -0.4 is 0 Å². The van der Waals surface area contributed by atoms with E-state index in [0.29, 0.717) is 35.9 Å². The van der Waals surface area contributed by atoms with E-state index in [2.05, 4.69) is 5.10 Å². The molecule has 3 aliphatic rings. The lowest BCUT2D eigenvalue weighted by molar-refractivity contribution is -0.142. The molecule has 0 spiro atoms. The number of pyridine rings is 1. The highest BCUT2D eigenvalue weighted by Crippen LogP contribution is 2.43. The minimum absolute atomic E-state index is 0.0143. The molecular formula is C26H27ClF3N3O3. The highest BCUT2D eigenvalue weighted by atomic mass is 35.5. The number of hydrogen-bond acceptors (Lipinski definition) is 4. The maximum Gasteiger partial charge on any atom is 0.433 e. The number of amides is 1. The molecule has 0 radical (unpaired) electrons. The lowest BCUT2D eigenvalue weighted by atomic mass is 9.79. The molecule has 0 N–H and O–H groups in total. The predicted octanol–water partition coefficient (Wildman–Crippen LogP) is 5.80. The summed E-state index contributed by atoms with van der Waals surface area (Å²) in [5.41, 5.74) is 0.446. The van der Waals surface area contributed by atoms with Gasteiger partial charge in [0.1, 0.15) is 11.5 Å². The fraction of sp³-hybridized carbons (Fsp3) is 0.500. The van der Waals surface area contributed by atoms with Crippen molar-refractivity contribution in [3.05, 3.63) is 57.6 Å². The van der Waals surface area contributed by atoms with Crippen molar-refractivity contribution in [3.63, 3.8) is 0 Å². The van der Waals surface area contributed by atoms with Gasteiger partial charge >= 0.3 is 6.18 Å². The van der Waals surface area contributed by atoms with Gasteiger partial charge < -0.3 is 9.64 Å². The van der Waals surface area contributed by atoms with E-state index in [1.165, 1.54) is 4.90 Å². The van der Waals surface area contributed by atoms with Crippen LogP contribution >= 0.6 is 11.6 Å².